The number of thiazole rings is 1. The fraction of sp³-hybridized carbons (Fsp3) is 0.0333. The van der Waals surface area contributed by atoms with E-state index in [0.29, 0.717) is 14.8 Å². The number of aromatic nitrogens is 1. The molecule has 0 saturated carbocycles. The van der Waals surface area contributed by atoms with Crippen molar-refractivity contribution in [2.24, 2.45) is 5.73 Å². The third kappa shape index (κ3) is 3.17. The second-order valence-corrected chi connectivity index (χ2v) is 9.59. The molecule has 6 rings (SSSR count). The van der Waals surface area contributed by atoms with E-state index in [1.807, 2.05) is 91.0 Å². The molecule has 5 aromatic rings. The number of nitrogens with zero attached hydrogens (tertiary/aromatic N) is 3. The maximum atomic E-state index is 13.5. The van der Waals surface area contributed by atoms with Crippen LogP contribution in [-0.4, -0.2) is 4.57 Å². The maximum absolute atomic E-state index is 13.5. The Morgan fingerprint density at radius 3 is 2.14 bits per heavy atom. The zero-order valence-electron chi connectivity index (χ0n) is 19.0. The van der Waals surface area contributed by atoms with Crippen molar-refractivity contribution in [3.63, 3.8) is 0 Å². The van der Waals surface area contributed by atoms with Gasteiger partial charge in [-0.15, -0.1) is 11.3 Å². The molecule has 36 heavy (non-hydrogen) atoms. The predicted molar refractivity (Wildman–Crippen MR) is 144 cm³/mol. The van der Waals surface area contributed by atoms with Crippen LogP contribution in [0.1, 0.15) is 17.0 Å². The average Bonchev–Trinajstić information content (AvgIpc) is 3.24. The lowest BCUT2D eigenvalue weighted by molar-refractivity contribution is 0.910. The van der Waals surface area contributed by atoms with Crippen LogP contribution in [0.3, 0.4) is 0 Å². The molecule has 0 bridgehead atoms. The van der Waals surface area contributed by atoms with Gasteiger partial charge in [-0.1, -0.05) is 84.9 Å². The van der Waals surface area contributed by atoms with Gasteiger partial charge in [0, 0.05) is 0 Å². The Kier molecular flexibility index (Phi) is 5.04. The van der Waals surface area contributed by atoms with E-state index in [0.717, 1.165) is 32.7 Å². The first-order valence-electron chi connectivity index (χ1n) is 11.4. The van der Waals surface area contributed by atoms with Crippen molar-refractivity contribution in [2.75, 3.05) is 0 Å². The number of hydrogen-bond acceptors (Lipinski definition) is 5. The number of hydrogen-bond donors (Lipinski definition) is 1. The van der Waals surface area contributed by atoms with Crippen LogP contribution >= 0.6 is 11.3 Å². The molecule has 170 valence electrons. The molecule has 4 aromatic carbocycles. The molecule has 0 spiro atoms. The van der Waals surface area contributed by atoms with Crippen molar-refractivity contribution in [1.29, 1.82) is 10.5 Å². The van der Waals surface area contributed by atoms with Gasteiger partial charge >= 0.3 is 0 Å². The average molecular weight is 483 g/mol. The monoisotopic (exact) mass is 482 g/mol. The van der Waals surface area contributed by atoms with E-state index in [1.54, 1.807) is 0 Å². The van der Waals surface area contributed by atoms with Crippen molar-refractivity contribution in [2.45, 2.75) is 5.92 Å². The van der Waals surface area contributed by atoms with Crippen LogP contribution in [0.5, 0.6) is 0 Å². The van der Waals surface area contributed by atoms with E-state index in [1.165, 1.54) is 15.9 Å². The minimum absolute atomic E-state index is 0.0725. The number of rotatable bonds is 2. The molecule has 0 fully saturated rings. The molecule has 2 N–H and O–H groups in total. The third-order valence-electron chi connectivity index (χ3n) is 6.63. The number of fused-ring (bicyclic) bond motifs is 3. The van der Waals surface area contributed by atoms with Gasteiger partial charge in [0.15, 0.2) is 0 Å². The highest BCUT2D eigenvalue weighted by molar-refractivity contribution is 7.07. The Morgan fingerprint density at radius 2 is 1.42 bits per heavy atom. The molecule has 0 aliphatic carbocycles. The summed E-state index contributed by atoms with van der Waals surface area (Å²) in [6, 6.07) is 32.1. The number of allylic oxidation sites excluding steroid dienone is 1. The molecule has 0 radical (unpaired) electrons. The molecular formula is C30H18N4OS. The first-order chi connectivity index (χ1) is 17.6. The Balaban J connectivity index is 1.68. The standard InChI is InChI=1S/C30H18N4OS/c31-16-24-27(23-14-6-10-19-8-2-4-13-22(19)23)25(17-32)30-34(28(24)33)29(35)26(36-30)15-20-11-5-9-18-7-1-3-12-21(18)20/h1-15,27H,33H2. The van der Waals surface area contributed by atoms with Crippen LogP contribution in [0.15, 0.2) is 95.3 Å². The SMILES string of the molecule is N#CC1=C(N)n2c(sc(=Cc3cccc4ccccc34)c2=O)=C(C#N)C1c1cccc2ccccc12. The minimum atomic E-state index is -0.658. The molecule has 2 heterocycles. The summed E-state index contributed by atoms with van der Waals surface area (Å²) in [5, 5.41) is 24.5. The first-order valence-corrected chi connectivity index (χ1v) is 12.2. The molecule has 0 saturated heterocycles. The van der Waals surface area contributed by atoms with E-state index in [2.05, 4.69) is 12.1 Å². The second kappa shape index (κ2) is 8.39. The van der Waals surface area contributed by atoms with Gasteiger partial charge in [0.05, 0.1) is 33.7 Å². The molecule has 6 heteroatoms. The predicted octanol–water partition coefficient (Wildman–Crippen LogP) is 4.17. The largest absolute Gasteiger partial charge is 0.384 e. The fourth-order valence-electron chi connectivity index (χ4n) is 4.98. The summed E-state index contributed by atoms with van der Waals surface area (Å²) >= 11 is 1.23. The molecule has 5 nitrogen and oxygen atoms in total. The first kappa shape index (κ1) is 21.6. The lowest BCUT2D eigenvalue weighted by Crippen LogP contribution is -2.38. The number of nitriles is 2. The summed E-state index contributed by atoms with van der Waals surface area (Å²) < 4.78 is 2.23. The van der Waals surface area contributed by atoms with Gasteiger partial charge in [-0.2, -0.15) is 10.5 Å². The highest BCUT2D eigenvalue weighted by Gasteiger charge is 2.33. The summed E-state index contributed by atoms with van der Waals surface area (Å²) in [6.45, 7) is 0. The molecule has 1 aliphatic rings. The minimum Gasteiger partial charge on any atom is -0.384 e. The van der Waals surface area contributed by atoms with Crippen LogP contribution in [-0.2, 0) is 0 Å². The zero-order valence-corrected chi connectivity index (χ0v) is 19.8. The van der Waals surface area contributed by atoms with E-state index in [-0.39, 0.29) is 17.0 Å². The van der Waals surface area contributed by atoms with Gasteiger partial charge in [-0.25, -0.2) is 0 Å². The number of nitrogens with two attached hydrogens (primary N) is 1. The lowest BCUT2D eigenvalue weighted by atomic mass is 9.82. The Morgan fingerprint density at radius 1 is 0.806 bits per heavy atom. The summed E-state index contributed by atoms with van der Waals surface area (Å²) in [7, 11) is 0. The van der Waals surface area contributed by atoms with Crippen LogP contribution in [0, 0.1) is 22.7 Å². The number of benzene rings is 4. The Bertz CT molecular complexity index is 2000. The highest BCUT2D eigenvalue weighted by Crippen LogP contribution is 2.38. The Hall–Kier alpha value is -4.91. The summed E-state index contributed by atoms with van der Waals surface area (Å²) in [4.78, 5) is 13.5. The van der Waals surface area contributed by atoms with Gasteiger partial charge in [0.1, 0.15) is 10.5 Å². The second-order valence-electron chi connectivity index (χ2n) is 8.56. The summed E-state index contributed by atoms with van der Waals surface area (Å²) in [6.07, 6.45) is 1.84. The molecule has 1 aromatic heterocycles. The van der Waals surface area contributed by atoms with E-state index >= 15 is 0 Å². The summed E-state index contributed by atoms with van der Waals surface area (Å²) in [5.41, 5.74) is 8.40. The van der Waals surface area contributed by atoms with E-state index in [9.17, 15) is 15.3 Å². The van der Waals surface area contributed by atoms with Crippen LogP contribution in [0.2, 0.25) is 0 Å². The smallest absolute Gasteiger partial charge is 0.274 e. The topological polar surface area (TPSA) is 95.6 Å². The molecule has 1 aliphatic heterocycles. The summed E-state index contributed by atoms with van der Waals surface area (Å²) in [5.74, 6) is -0.585. The fourth-order valence-corrected chi connectivity index (χ4v) is 6.10. The van der Waals surface area contributed by atoms with Crippen LogP contribution in [0.4, 0.5) is 0 Å². The normalized spacial score (nSPS) is 15.7. The van der Waals surface area contributed by atoms with Crippen molar-refractivity contribution in [3.05, 3.63) is 121 Å². The Labute approximate surface area is 210 Å². The van der Waals surface area contributed by atoms with E-state index in [4.69, 9.17) is 5.73 Å². The van der Waals surface area contributed by atoms with Gasteiger partial charge in [-0.05, 0) is 38.7 Å². The molecule has 0 amide bonds. The van der Waals surface area contributed by atoms with E-state index < -0.39 is 5.92 Å². The van der Waals surface area contributed by atoms with Crippen LogP contribution in [0.25, 0.3) is 39.0 Å². The zero-order chi connectivity index (χ0) is 24.8. The maximum Gasteiger partial charge on any atom is 0.274 e. The van der Waals surface area contributed by atoms with Crippen molar-refractivity contribution in [3.8, 4) is 12.1 Å². The highest BCUT2D eigenvalue weighted by atomic mass is 32.1. The lowest BCUT2D eigenvalue weighted by Gasteiger charge is -2.23. The molecule has 1 atom stereocenters. The van der Waals surface area contributed by atoms with Crippen molar-refractivity contribution in [1.82, 2.24) is 4.57 Å². The quantitative estimate of drug-likeness (QED) is 0.409. The van der Waals surface area contributed by atoms with Crippen molar-refractivity contribution < 1.29 is 0 Å². The van der Waals surface area contributed by atoms with Gasteiger partial charge in [0.25, 0.3) is 5.56 Å². The van der Waals surface area contributed by atoms with Gasteiger partial charge in [-0.3, -0.25) is 9.36 Å². The van der Waals surface area contributed by atoms with Crippen LogP contribution < -0.4 is 20.5 Å². The molecule has 1 unspecified atom stereocenters. The molecular weight excluding hydrogens is 464 g/mol. The van der Waals surface area contributed by atoms with Gasteiger partial charge < -0.3 is 5.73 Å². The third-order valence-corrected chi connectivity index (χ3v) is 7.74. The van der Waals surface area contributed by atoms with Gasteiger partial charge in [0.2, 0.25) is 0 Å². The van der Waals surface area contributed by atoms with Crippen molar-refractivity contribution >= 4 is 50.4 Å².